The van der Waals surface area contributed by atoms with Gasteiger partial charge in [0.05, 0.1) is 31.2 Å². The molecule has 1 aliphatic heterocycles. The van der Waals surface area contributed by atoms with E-state index in [2.05, 4.69) is 6.92 Å². The minimum absolute atomic E-state index is 0.0533. The van der Waals surface area contributed by atoms with Gasteiger partial charge in [0, 0.05) is 5.56 Å². The SMILES string of the molecule is CCCCCOc1ccc(/C(O)=C2/C(=O)C(=O)N(c3ccccc3OC)C2c2ccco2)cc1. The van der Waals surface area contributed by atoms with Crippen molar-refractivity contribution in [3.63, 3.8) is 0 Å². The van der Waals surface area contributed by atoms with Gasteiger partial charge in [-0.1, -0.05) is 31.9 Å². The summed E-state index contributed by atoms with van der Waals surface area (Å²) in [6.07, 6.45) is 4.63. The largest absolute Gasteiger partial charge is 0.507 e. The zero-order chi connectivity index (χ0) is 24.1. The zero-order valence-electron chi connectivity index (χ0n) is 19.2. The number of unbranched alkanes of at least 4 members (excludes halogenated alkanes) is 2. The van der Waals surface area contributed by atoms with E-state index < -0.39 is 17.7 Å². The van der Waals surface area contributed by atoms with Gasteiger partial charge in [-0.3, -0.25) is 14.5 Å². The first-order valence-corrected chi connectivity index (χ1v) is 11.3. The number of ether oxygens (including phenoxy) is 2. The number of aliphatic hydroxyl groups is 1. The molecule has 1 amide bonds. The average molecular weight is 462 g/mol. The minimum Gasteiger partial charge on any atom is -0.507 e. The van der Waals surface area contributed by atoms with Gasteiger partial charge < -0.3 is 19.0 Å². The van der Waals surface area contributed by atoms with Crippen LogP contribution >= 0.6 is 0 Å². The number of hydrogen-bond donors (Lipinski definition) is 1. The number of ketones is 1. The van der Waals surface area contributed by atoms with E-state index in [1.165, 1.54) is 18.3 Å². The number of benzene rings is 2. The number of carbonyl (C=O) groups excluding carboxylic acids is 2. The Hall–Kier alpha value is -4.00. The van der Waals surface area contributed by atoms with Crippen molar-refractivity contribution in [3.8, 4) is 11.5 Å². The Labute approximate surface area is 198 Å². The van der Waals surface area contributed by atoms with Crippen molar-refractivity contribution < 1.29 is 28.6 Å². The first kappa shape index (κ1) is 23.2. The molecule has 1 saturated heterocycles. The first-order chi connectivity index (χ1) is 16.6. The molecule has 2 aromatic carbocycles. The Morgan fingerprint density at radius 2 is 1.79 bits per heavy atom. The highest BCUT2D eigenvalue weighted by Crippen LogP contribution is 2.45. The van der Waals surface area contributed by atoms with E-state index in [0.717, 1.165) is 19.3 Å². The van der Waals surface area contributed by atoms with Crippen LogP contribution < -0.4 is 14.4 Å². The minimum atomic E-state index is -0.948. The van der Waals surface area contributed by atoms with Crippen molar-refractivity contribution in [2.75, 3.05) is 18.6 Å². The molecule has 0 bridgehead atoms. The lowest BCUT2D eigenvalue weighted by atomic mass is 9.99. The number of furan rings is 1. The summed E-state index contributed by atoms with van der Waals surface area (Å²) in [7, 11) is 1.49. The van der Waals surface area contributed by atoms with Gasteiger partial charge in [-0.25, -0.2) is 0 Å². The number of Topliss-reactive ketones (excluding diaryl/α,β-unsaturated/α-hetero) is 1. The summed E-state index contributed by atoms with van der Waals surface area (Å²) in [5.74, 6) is -0.416. The van der Waals surface area contributed by atoms with Gasteiger partial charge in [0.1, 0.15) is 29.1 Å². The number of hydrogen-bond acceptors (Lipinski definition) is 6. The molecule has 1 N–H and O–H groups in total. The topological polar surface area (TPSA) is 89.2 Å². The number of anilines is 1. The van der Waals surface area contributed by atoms with Gasteiger partial charge in [-0.15, -0.1) is 0 Å². The maximum absolute atomic E-state index is 13.2. The van der Waals surface area contributed by atoms with Crippen LogP contribution in [0.3, 0.4) is 0 Å². The second kappa shape index (κ2) is 10.3. The van der Waals surface area contributed by atoms with E-state index in [1.54, 1.807) is 60.7 Å². The van der Waals surface area contributed by atoms with Crippen LogP contribution in [0.1, 0.15) is 43.6 Å². The lowest BCUT2D eigenvalue weighted by molar-refractivity contribution is -0.132. The van der Waals surface area contributed by atoms with Crippen LogP contribution in [0.25, 0.3) is 5.76 Å². The molecule has 0 saturated carbocycles. The molecule has 7 heteroatoms. The predicted molar refractivity (Wildman–Crippen MR) is 128 cm³/mol. The molecule has 2 heterocycles. The van der Waals surface area contributed by atoms with Crippen LogP contribution in [0, 0.1) is 0 Å². The molecule has 1 aliphatic rings. The van der Waals surface area contributed by atoms with E-state index in [1.807, 2.05) is 0 Å². The standard InChI is InChI=1S/C27H27NO6/c1-3-4-7-16-33-19-14-12-18(13-15-19)25(29)23-24(22-11-8-17-34-22)28(27(31)26(23)30)20-9-5-6-10-21(20)32-2/h5-6,8-15,17,24,29H,3-4,7,16H2,1-2H3/b25-23-. The summed E-state index contributed by atoms with van der Waals surface area (Å²) in [4.78, 5) is 27.6. The predicted octanol–water partition coefficient (Wildman–Crippen LogP) is 5.48. The van der Waals surface area contributed by atoms with Gasteiger partial charge in [0.2, 0.25) is 0 Å². The van der Waals surface area contributed by atoms with Crippen LogP contribution in [0.5, 0.6) is 11.5 Å². The molecule has 1 fully saturated rings. The number of rotatable bonds is 9. The third-order valence-electron chi connectivity index (χ3n) is 5.75. The molecule has 1 atom stereocenters. The molecular weight excluding hydrogens is 434 g/mol. The second-order valence-electron chi connectivity index (χ2n) is 7.94. The van der Waals surface area contributed by atoms with Gasteiger partial charge >= 0.3 is 0 Å². The van der Waals surface area contributed by atoms with Crippen molar-refractivity contribution in [2.45, 2.75) is 32.2 Å². The highest BCUT2D eigenvalue weighted by molar-refractivity contribution is 6.51. The molecule has 4 rings (SSSR count). The highest BCUT2D eigenvalue weighted by Gasteiger charge is 2.49. The molecule has 0 radical (unpaired) electrons. The fourth-order valence-electron chi connectivity index (χ4n) is 4.03. The third kappa shape index (κ3) is 4.41. The lowest BCUT2D eigenvalue weighted by Crippen LogP contribution is -2.29. The Kier molecular flexibility index (Phi) is 7.01. The van der Waals surface area contributed by atoms with Crippen LogP contribution in [-0.4, -0.2) is 30.5 Å². The Bertz CT molecular complexity index is 1180. The molecule has 34 heavy (non-hydrogen) atoms. The van der Waals surface area contributed by atoms with E-state index in [0.29, 0.717) is 35.1 Å². The molecule has 3 aromatic rings. The third-order valence-corrected chi connectivity index (χ3v) is 5.75. The van der Waals surface area contributed by atoms with E-state index in [-0.39, 0.29) is 11.3 Å². The number of nitrogens with zero attached hydrogens (tertiary/aromatic N) is 1. The van der Waals surface area contributed by atoms with Gasteiger partial charge in [-0.2, -0.15) is 0 Å². The fourth-order valence-corrected chi connectivity index (χ4v) is 4.03. The van der Waals surface area contributed by atoms with Crippen molar-refractivity contribution >= 4 is 23.1 Å². The van der Waals surface area contributed by atoms with Crippen LogP contribution in [0.4, 0.5) is 5.69 Å². The quantitative estimate of drug-likeness (QED) is 0.196. The zero-order valence-corrected chi connectivity index (χ0v) is 19.2. The number of methoxy groups -OCH3 is 1. The van der Waals surface area contributed by atoms with Gasteiger partial charge in [0.15, 0.2) is 0 Å². The highest BCUT2D eigenvalue weighted by atomic mass is 16.5. The van der Waals surface area contributed by atoms with Gasteiger partial charge in [-0.05, 0) is 55.0 Å². The summed E-state index contributed by atoms with van der Waals surface area (Å²) in [6.45, 7) is 2.74. The van der Waals surface area contributed by atoms with E-state index >= 15 is 0 Å². The summed E-state index contributed by atoms with van der Waals surface area (Å²) in [5, 5.41) is 11.2. The summed E-state index contributed by atoms with van der Waals surface area (Å²) >= 11 is 0. The van der Waals surface area contributed by atoms with Crippen LogP contribution in [0.2, 0.25) is 0 Å². The average Bonchev–Trinajstić information content (AvgIpc) is 3.48. The molecular formula is C27H27NO6. The van der Waals surface area contributed by atoms with Crippen LogP contribution in [-0.2, 0) is 9.59 Å². The fraction of sp³-hybridized carbons (Fsp3) is 0.259. The maximum atomic E-state index is 13.2. The molecule has 7 nitrogen and oxygen atoms in total. The number of amides is 1. The molecule has 0 spiro atoms. The number of aliphatic hydroxyl groups excluding tert-OH is 1. The molecule has 176 valence electrons. The molecule has 1 unspecified atom stereocenters. The lowest BCUT2D eigenvalue weighted by Gasteiger charge is -2.24. The molecule has 0 aliphatic carbocycles. The molecule has 1 aromatic heterocycles. The Balaban J connectivity index is 1.74. The normalized spacial score (nSPS) is 17.2. The van der Waals surface area contributed by atoms with Gasteiger partial charge in [0.25, 0.3) is 11.7 Å². The van der Waals surface area contributed by atoms with Crippen molar-refractivity contribution in [1.29, 1.82) is 0 Å². The van der Waals surface area contributed by atoms with Crippen molar-refractivity contribution in [1.82, 2.24) is 0 Å². The summed E-state index contributed by atoms with van der Waals surface area (Å²) < 4.78 is 16.7. The second-order valence-corrected chi connectivity index (χ2v) is 7.94. The number of carbonyl (C=O) groups is 2. The maximum Gasteiger partial charge on any atom is 0.300 e. The van der Waals surface area contributed by atoms with E-state index in [9.17, 15) is 14.7 Å². The monoisotopic (exact) mass is 461 g/mol. The van der Waals surface area contributed by atoms with E-state index in [4.69, 9.17) is 13.9 Å². The first-order valence-electron chi connectivity index (χ1n) is 11.3. The van der Waals surface area contributed by atoms with Crippen molar-refractivity contribution in [3.05, 3.63) is 83.8 Å². The Morgan fingerprint density at radius 3 is 2.47 bits per heavy atom. The smallest absolute Gasteiger partial charge is 0.300 e. The number of para-hydroxylation sites is 2. The van der Waals surface area contributed by atoms with Crippen molar-refractivity contribution in [2.24, 2.45) is 0 Å². The summed E-state index contributed by atoms with van der Waals surface area (Å²) in [5.41, 5.74) is 0.751. The van der Waals surface area contributed by atoms with Crippen LogP contribution in [0.15, 0.2) is 76.9 Å². The summed E-state index contributed by atoms with van der Waals surface area (Å²) in [6, 6.07) is 16.1. The Morgan fingerprint density at radius 1 is 1.03 bits per heavy atom.